The number of hydrogen-bond acceptors (Lipinski definition) is 0. The maximum absolute atomic E-state index is 12.6. The summed E-state index contributed by atoms with van der Waals surface area (Å²) in [6.07, 6.45) is 0. The third-order valence-corrected chi connectivity index (χ3v) is 1.90. The SMILES string of the molecule is C[C](CF)c1ccc(F)c(Cl)c1. The van der Waals surface area contributed by atoms with Crippen LogP contribution in [0, 0.1) is 11.7 Å². The predicted octanol–water partition coefficient (Wildman–Crippen LogP) is 3.39. The normalized spacial score (nSPS) is 10.8. The van der Waals surface area contributed by atoms with Crippen LogP contribution in [0.25, 0.3) is 0 Å². The van der Waals surface area contributed by atoms with Gasteiger partial charge in [0.1, 0.15) is 5.82 Å². The Balaban J connectivity index is 2.96. The molecule has 3 heteroatoms. The quantitative estimate of drug-likeness (QED) is 0.669. The topological polar surface area (TPSA) is 0 Å². The molecule has 12 heavy (non-hydrogen) atoms. The van der Waals surface area contributed by atoms with Gasteiger partial charge in [0.05, 0.1) is 11.7 Å². The van der Waals surface area contributed by atoms with Gasteiger partial charge in [0, 0.05) is 5.92 Å². The molecular formula is C9H8ClF2. The highest BCUT2D eigenvalue weighted by atomic mass is 35.5. The molecule has 0 bridgehead atoms. The summed E-state index contributed by atoms with van der Waals surface area (Å²) >= 11 is 5.50. The van der Waals surface area contributed by atoms with Crippen molar-refractivity contribution in [1.82, 2.24) is 0 Å². The third kappa shape index (κ3) is 1.95. The summed E-state index contributed by atoms with van der Waals surface area (Å²) in [4.78, 5) is 0. The van der Waals surface area contributed by atoms with Gasteiger partial charge in [0.15, 0.2) is 0 Å². The highest BCUT2D eigenvalue weighted by molar-refractivity contribution is 6.30. The first-order valence-electron chi connectivity index (χ1n) is 3.49. The summed E-state index contributed by atoms with van der Waals surface area (Å²) in [6.45, 7) is 1.10. The van der Waals surface area contributed by atoms with E-state index in [4.69, 9.17) is 11.6 Å². The van der Waals surface area contributed by atoms with E-state index in [1.54, 1.807) is 6.92 Å². The summed E-state index contributed by atoms with van der Waals surface area (Å²) in [5.74, 6) is 0.0731. The summed E-state index contributed by atoms with van der Waals surface area (Å²) in [6, 6.07) is 4.17. The van der Waals surface area contributed by atoms with Gasteiger partial charge in [-0.2, -0.15) is 0 Å². The smallest absolute Gasteiger partial charge is 0.141 e. The average molecular weight is 190 g/mol. The number of rotatable bonds is 2. The van der Waals surface area contributed by atoms with Crippen LogP contribution < -0.4 is 0 Å². The maximum Gasteiger partial charge on any atom is 0.141 e. The number of halogens is 3. The Labute approximate surface area is 75.2 Å². The Hall–Kier alpha value is -0.630. The van der Waals surface area contributed by atoms with Gasteiger partial charge < -0.3 is 0 Å². The molecule has 0 atom stereocenters. The Bertz CT molecular complexity index is 273. The molecule has 0 fully saturated rings. The van der Waals surface area contributed by atoms with Gasteiger partial charge in [0.25, 0.3) is 0 Å². The first-order valence-corrected chi connectivity index (χ1v) is 3.86. The first-order chi connectivity index (χ1) is 5.65. The molecule has 0 aliphatic rings. The van der Waals surface area contributed by atoms with Crippen molar-refractivity contribution in [2.75, 3.05) is 6.67 Å². The fraction of sp³-hybridized carbons (Fsp3) is 0.222. The largest absolute Gasteiger partial charge is 0.250 e. The lowest BCUT2D eigenvalue weighted by atomic mass is 10.0. The van der Waals surface area contributed by atoms with E-state index in [2.05, 4.69) is 0 Å². The van der Waals surface area contributed by atoms with Crippen LogP contribution in [0.4, 0.5) is 8.78 Å². The number of alkyl halides is 1. The van der Waals surface area contributed by atoms with Gasteiger partial charge in [0.2, 0.25) is 0 Å². The standard InChI is InChI=1S/C9H8ClF2/c1-6(5-11)7-2-3-9(12)8(10)4-7/h2-4H,5H2,1H3. The Morgan fingerprint density at radius 3 is 2.67 bits per heavy atom. The van der Waals surface area contributed by atoms with Crippen molar-refractivity contribution in [3.63, 3.8) is 0 Å². The molecule has 0 spiro atoms. The fourth-order valence-corrected chi connectivity index (χ4v) is 1.02. The molecule has 65 valence electrons. The van der Waals surface area contributed by atoms with E-state index in [0.29, 0.717) is 11.5 Å². The van der Waals surface area contributed by atoms with Crippen LogP contribution in [0.3, 0.4) is 0 Å². The molecule has 0 amide bonds. The minimum atomic E-state index is -0.540. The van der Waals surface area contributed by atoms with Gasteiger partial charge in [-0.05, 0) is 17.7 Å². The first kappa shape index (κ1) is 9.46. The molecule has 1 aromatic carbocycles. The van der Waals surface area contributed by atoms with Crippen molar-refractivity contribution in [2.24, 2.45) is 0 Å². The monoisotopic (exact) mass is 189 g/mol. The molecule has 0 unspecified atom stereocenters. The van der Waals surface area contributed by atoms with Crippen molar-refractivity contribution < 1.29 is 8.78 Å². The van der Waals surface area contributed by atoms with E-state index in [1.165, 1.54) is 18.2 Å². The van der Waals surface area contributed by atoms with Crippen molar-refractivity contribution >= 4 is 11.6 Å². The van der Waals surface area contributed by atoms with E-state index in [1.807, 2.05) is 0 Å². The fourth-order valence-electron chi connectivity index (χ4n) is 0.839. The summed E-state index contributed by atoms with van der Waals surface area (Å²) in [5, 5.41) is 0.0281. The van der Waals surface area contributed by atoms with Crippen molar-refractivity contribution in [3.8, 4) is 0 Å². The van der Waals surface area contributed by atoms with Gasteiger partial charge in [-0.15, -0.1) is 0 Å². The molecule has 0 N–H and O–H groups in total. The molecule has 1 radical (unpaired) electrons. The zero-order valence-corrected chi connectivity index (χ0v) is 7.33. The van der Waals surface area contributed by atoms with Crippen LogP contribution in [0.5, 0.6) is 0 Å². The zero-order chi connectivity index (χ0) is 9.14. The second kappa shape index (κ2) is 3.85. The maximum atomic E-state index is 12.6. The van der Waals surface area contributed by atoms with Crippen LogP contribution >= 0.6 is 11.6 Å². The number of benzene rings is 1. The van der Waals surface area contributed by atoms with Gasteiger partial charge in [-0.1, -0.05) is 24.6 Å². The lowest BCUT2D eigenvalue weighted by Crippen LogP contribution is -1.96. The van der Waals surface area contributed by atoms with Crippen LogP contribution in [0.2, 0.25) is 5.02 Å². The van der Waals surface area contributed by atoms with Crippen LogP contribution in [-0.2, 0) is 0 Å². The van der Waals surface area contributed by atoms with E-state index in [0.717, 1.165) is 0 Å². The highest BCUT2D eigenvalue weighted by Crippen LogP contribution is 2.21. The molecule has 0 heterocycles. The summed E-state index contributed by atoms with van der Waals surface area (Å²) in [7, 11) is 0. The second-order valence-corrected chi connectivity index (χ2v) is 2.95. The summed E-state index contributed by atoms with van der Waals surface area (Å²) < 4.78 is 24.8. The van der Waals surface area contributed by atoms with Crippen LogP contribution in [0.1, 0.15) is 12.5 Å². The van der Waals surface area contributed by atoms with E-state index in [9.17, 15) is 8.78 Å². The minimum Gasteiger partial charge on any atom is -0.250 e. The predicted molar refractivity (Wildman–Crippen MR) is 45.4 cm³/mol. The van der Waals surface area contributed by atoms with Crippen molar-refractivity contribution in [3.05, 3.63) is 40.5 Å². The number of hydrogen-bond donors (Lipinski definition) is 0. The lowest BCUT2D eigenvalue weighted by Gasteiger charge is -2.06. The highest BCUT2D eigenvalue weighted by Gasteiger charge is 2.07. The molecule has 0 saturated carbocycles. The molecular weight excluding hydrogens is 182 g/mol. The Morgan fingerprint density at radius 2 is 2.17 bits per heavy atom. The molecule has 0 saturated heterocycles. The van der Waals surface area contributed by atoms with Gasteiger partial charge in [-0.3, -0.25) is 4.39 Å². The zero-order valence-electron chi connectivity index (χ0n) is 6.57. The van der Waals surface area contributed by atoms with Crippen LogP contribution in [0.15, 0.2) is 18.2 Å². The summed E-state index contributed by atoms with van der Waals surface area (Å²) in [5.41, 5.74) is 0.643. The lowest BCUT2D eigenvalue weighted by molar-refractivity contribution is 0.516. The molecule has 1 rings (SSSR count). The van der Waals surface area contributed by atoms with Gasteiger partial charge >= 0.3 is 0 Å². The van der Waals surface area contributed by atoms with Gasteiger partial charge in [-0.25, -0.2) is 4.39 Å². The van der Waals surface area contributed by atoms with E-state index in [-0.39, 0.29) is 5.02 Å². The van der Waals surface area contributed by atoms with Crippen molar-refractivity contribution in [1.29, 1.82) is 0 Å². The Kier molecular flexibility index (Phi) is 3.04. The second-order valence-electron chi connectivity index (χ2n) is 2.54. The molecule has 0 aliphatic carbocycles. The van der Waals surface area contributed by atoms with Crippen molar-refractivity contribution in [2.45, 2.75) is 6.92 Å². The molecule has 0 aromatic heterocycles. The van der Waals surface area contributed by atoms with E-state index >= 15 is 0 Å². The average Bonchev–Trinajstić information content (AvgIpc) is 2.08. The molecule has 0 nitrogen and oxygen atoms in total. The molecule has 0 aliphatic heterocycles. The Morgan fingerprint density at radius 1 is 1.50 bits per heavy atom. The molecule has 1 aromatic rings. The van der Waals surface area contributed by atoms with E-state index < -0.39 is 12.5 Å². The third-order valence-electron chi connectivity index (χ3n) is 1.61. The van der Waals surface area contributed by atoms with Crippen LogP contribution in [-0.4, -0.2) is 6.67 Å². The minimum absolute atomic E-state index is 0.0281.